The predicted octanol–water partition coefficient (Wildman–Crippen LogP) is 1.70. The molecule has 26 heavy (non-hydrogen) atoms. The Labute approximate surface area is 154 Å². The number of methoxy groups -OCH3 is 2. The summed E-state index contributed by atoms with van der Waals surface area (Å²) >= 11 is 0. The molecular formula is C19H26N4O3. The van der Waals surface area contributed by atoms with Crippen LogP contribution in [-0.2, 0) is 13.6 Å². The highest BCUT2D eigenvalue weighted by Crippen LogP contribution is 2.25. The average molecular weight is 358 g/mol. The second-order valence-electron chi connectivity index (χ2n) is 6.54. The maximum atomic E-state index is 12.7. The standard InChI is InChI=1S/C19H26N4O3/c1-14-11-17(21(2)20-14)19(24)23-9-7-22(8-10-23)13-15-12-16(25-3)5-6-18(15)26-4/h5-6,11-12H,7-10,13H2,1-4H3. The summed E-state index contributed by atoms with van der Waals surface area (Å²) in [7, 11) is 5.15. The lowest BCUT2D eigenvalue weighted by molar-refractivity contribution is 0.0616. The zero-order chi connectivity index (χ0) is 18.7. The third-order valence-corrected chi connectivity index (χ3v) is 4.76. The molecule has 7 heteroatoms. The van der Waals surface area contributed by atoms with Crippen molar-refractivity contribution in [1.82, 2.24) is 19.6 Å². The number of piperazine rings is 1. The van der Waals surface area contributed by atoms with E-state index in [-0.39, 0.29) is 5.91 Å². The zero-order valence-corrected chi connectivity index (χ0v) is 15.9. The van der Waals surface area contributed by atoms with E-state index in [1.165, 1.54) is 0 Å². The van der Waals surface area contributed by atoms with Crippen molar-refractivity contribution in [3.05, 3.63) is 41.2 Å². The second kappa shape index (κ2) is 7.78. The van der Waals surface area contributed by atoms with Gasteiger partial charge >= 0.3 is 0 Å². The molecule has 0 unspecified atom stereocenters. The van der Waals surface area contributed by atoms with Crippen LogP contribution in [-0.4, -0.2) is 65.9 Å². The van der Waals surface area contributed by atoms with Crippen molar-refractivity contribution in [1.29, 1.82) is 0 Å². The summed E-state index contributed by atoms with van der Waals surface area (Å²) in [6.45, 7) is 5.72. The van der Waals surface area contributed by atoms with Crippen molar-refractivity contribution < 1.29 is 14.3 Å². The molecule has 1 fully saturated rings. The third-order valence-electron chi connectivity index (χ3n) is 4.76. The van der Waals surface area contributed by atoms with Gasteiger partial charge in [-0.3, -0.25) is 14.4 Å². The topological polar surface area (TPSA) is 59.8 Å². The molecule has 1 aliphatic rings. The third kappa shape index (κ3) is 3.83. The number of hydrogen-bond acceptors (Lipinski definition) is 5. The first kappa shape index (κ1) is 18.3. The lowest BCUT2D eigenvalue weighted by atomic mass is 10.1. The van der Waals surface area contributed by atoms with Crippen LogP contribution in [0.15, 0.2) is 24.3 Å². The fourth-order valence-electron chi connectivity index (χ4n) is 3.33. The van der Waals surface area contributed by atoms with E-state index in [0.717, 1.165) is 42.4 Å². The van der Waals surface area contributed by atoms with Crippen molar-refractivity contribution >= 4 is 5.91 Å². The molecule has 2 aromatic rings. The molecule has 2 heterocycles. The van der Waals surface area contributed by atoms with Gasteiger partial charge < -0.3 is 14.4 Å². The first-order chi connectivity index (χ1) is 12.5. The molecule has 0 radical (unpaired) electrons. The van der Waals surface area contributed by atoms with Gasteiger partial charge in [-0.05, 0) is 31.2 Å². The van der Waals surface area contributed by atoms with Crippen LogP contribution in [0.1, 0.15) is 21.7 Å². The van der Waals surface area contributed by atoms with Crippen LogP contribution in [0.4, 0.5) is 0 Å². The van der Waals surface area contributed by atoms with Gasteiger partial charge in [-0.2, -0.15) is 5.10 Å². The number of rotatable bonds is 5. The maximum absolute atomic E-state index is 12.7. The van der Waals surface area contributed by atoms with E-state index in [4.69, 9.17) is 9.47 Å². The fraction of sp³-hybridized carbons (Fsp3) is 0.474. The van der Waals surface area contributed by atoms with E-state index >= 15 is 0 Å². The Balaban J connectivity index is 1.62. The molecule has 0 N–H and O–H groups in total. The van der Waals surface area contributed by atoms with Gasteiger partial charge in [0.15, 0.2) is 0 Å². The lowest BCUT2D eigenvalue weighted by Gasteiger charge is -2.34. The van der Waals surface area contributed by atoms with Crippen molar-refractivity contribution in [3.63, 3.8) is 0 Å². The van der Waals surface area contributed by atoms with Crippen LogP contribution in [0.3, 0.4) is 0 Å². The zero-order valence-electron chi connectivity index (χ0n) is 15.9. The number of aryl methyl sites for hydroxylation is 2. The Morgan fingerprint density at radius 2 is 1.85 bits per heavy atom. The Hall–Kier alpha value is -2.54. The number of aromatic nitrogens is 2. The number of amides is 1. The van der Waals surface area contributed by atoms with Crippen LogP contribution in [0.2, 0.25) is 0 Å². The summed E-state index contributed by atoms with van der Waals surface area (Å²) in [5.41, 5.74) is 2.60. The quantitative estimate of drug-likeness (QED) is 0.814. The Kier molecular flexibility index (Phi) is 5.46. The van der Waals surface area contributed by atoms with E-state index in [1.807, 2.05) is 43.1 Å². The van der Waals surface area contributed by atoms with Crippen molar-refractivity contribution in [2.45, 2.75) is 13.5 Å². The summed E-state index contributed by atoms with van der Waals surface area (Å²) in [6, 6.07) is 7.68. The van der Waals surface area contributed by atoms with Crippen LogP contribution in [0.25, 0.3) is 0 Å². The van der Waals surface area contributed by atoms with E-state index in [1.54, 1.807) is 18.9 Å². The molecule has 1 aromatic carbocycles. The summed E-state index contributed by atoms with van der Waals surface area (Å²) in [5, 5.41) is 4.27. The van der Waals surface area contributed by atoms with Crippen molar-refractivity contribution in [2.75, 3.05) is 40.4 Å². The minimum atomic E-state index is 0.0479. The molecule has 3 rings (SSSR count). The van der Waals surface area contributed by atoms with Gasteiger partial charge in [-0.1, -0.05) is 0 Å². The average Bonchev–Trinajstić information content (AvgIpc) is 2.99. The Morgan fingerprint density at radius 3 is 2.42 bits per heavy atom. The van der Waals surface area contributed by atoms with Gasteiger partial charge in [-0.15, -0.1) is 0 Å². The largest absolute Gasteiger partial charge is 0.497 e. The fourth-order valence-corrected chi connectivity index (χ4v) is 3.33. The first-order valence-corrected chi connectivity index (χ1v) is 8.75. The molecular weight excluding hydrogens is 332 g/mol. The van der Waals surface area contributed by atoms with Crippen molar-refractivity contribution in [2.24, 2.45) is 7.05 Å². The maximum Gasteiger partial charge on any atom is 0.272 e. The molecule has 0 aliphatic carbocycles. The van der Waals surface area contributed by atoms with E-state index in [9.17, 15) is 4.79 Å². The van der Waals surface area contributed by atoms with E-state index < -0.39 is 0 Å². The molecule has 7 nitrogen and oxygen atoms in total. The number of nitrogens with zero attached hydrogens (tertiary/aromatic N) is 4. The minimum Gasteiger partial charge on any atom is -0.497 e. The number of carbonyl (C=O) groups excluding carboxylic acids is 1. The second-order valence-corrected chi connectivity index (χ2v) is 6.54. The number of carbonyl (C=O) groups is 1. The smallest absolute Gasteiger partial charge is 0.272 e. The van der Waals surface area contributed by atoms with Gasteiger partial charge in [0, 0.05) is 45.3 Å². The van der Waals surface area contributed by atoms with Gasteiger partial charge in [0.05, 0.1) is 19.9 Å². The molecule has 1 saturated heterocycles. The molecule has 0 atom stereocenters. The number of ether oxygens (including phenoxy) is 2. The minimum absolute atomic E-state index is 0.0479. The van der Waals surface area contributed by atoms with E-state index in [0.29, 0.717) is 18.8 Å². The summed E-state index contributed by atoms with van der Waals surface area (Å²) in [4.78, 5) is 16.9. The Bertz CT molecular complexity index is 779. The SMILES string of the molecule is COc1ccc(OC)c(CN2CCN(C(=O)c3cc(C)nn3C)CC2)c1. The van der Waals surface area contributed by atoms with E-state index in [2.05, 4.69) is 10.00 Å². The normalized spacial score (nSPS) is 15.2. The molecule has 1 aromatic heterocycles. The highest BCUT2D eigenvalue weighted by molar-refractivity contribution is 5.92. The van der Waals surface area contributed by atoms with Gasteiger partial charge in [0.1, 0.15) is 17.2 Å². The molecule has 1 amide bonds. The van der Waals surface area contributed by atoms with Crippen LogP contribution >= 0.6 is 0 Å². The lowest BCUT2D eigenvalue weighted by Crippen LogP contribution is -2.48. The summed E-state index contributed by atoms with van der Waals surface area (Å²) in [5.74, 6) is 1.72. The van der Waals surface area contributed by atoms with Gasteiger partial charge in [0.25, 0.3) is 5.91 Å². The highest BCUT2D eigenvalue weighted by atomic mass is 16.5. The van der Waals surface area contributed by atoms with Gasteiger partial charge in [-0.25, -0.2) is 0 Å². The number of hydrogen-bond donors (Lipinski definition) is 0. The highest BCUT2D eigenvalue weighted by Gasteiger charge is 2.24. The summed E-state index contributed by atoms with van der Waals surface area (Å²) < 4.78 is 12.4. The monoisotopic (exact) mass is 358 g/mol. The molecule has 0 spiro atoms. The summed E-state index contributed by atoms with van der Waals surface area (Å²) in [6.07, 6.45) is 0. The van der Waals surface area contributed by atoms with Crippen LogP contribution < -0.4 is 9.47 Å². The van der Waals surface area contributed by atoms with Crippen molar-refractivity contribution in [3.8, 4) is 11.5 Å². The van der Waals surface area contributed by atoms with Crippen LogP contribution in [0, 0.1) is 6.92 Å². The molecule has 0 saturated carbocycles. The molecule has 140 valence electrons. The number of benzene rings is 1. The molecule has 1 aliphatic heterocycles. The first-order valence-electron chi connectivity index (χ1n) is 8.75. The van der Waals surface area contributed by atoms with Gasteiger partial charge in [0.2, 0.25) is 0 Å². The molecule has 0 bridgehead atoms. The predicted molar refractivity (Wildman–Crippen MR) is 98.7 cm³/mol. The Morgan fingerprint density at radius 1 is 1.12 bits per heavy atom. The van der Waals surface area contributed by atoms with Crippen LogP contribution in [0.5, 0.6) is 11.5 Å².